The topological polar surface area (TPSA) is 87.5 Å². The number of hydrogen-bond donors (Lipinski definition) is 0. The zero-order chi connectivity index (χ0) is 13.8. The molecule has 0 spiro atoms. The Morgan fingerprint density at radius 2 is 2.11 bits per heavy atom. The van der Waals surface area contributed by atoms with Crippen molar-refractivity contribution in [1.82, 2.24) is 4.90 Å². The lowest BCUT2D eigenvalue weighted by molar-refractivity contribution is -0.0102. The summed E-state index contributed by atoms with van der Waals surface area (Å²) in [5.74, 6) is 0. The maximum absolute atomic E-state index is 11.9. The van der Waals surface area contributed by atoms with Gasteiger partial charge in [-0.3, -0.25) is 0 Å². The molecule has 1 rings (SSSR count). The van der Waals surface area contributed by atoms with Gasteiger partial charge in [0.15, 0.2) is 0 Å². The van der Waals surface area contributed by atoms with Crippen LogP contribution in [0.15, 0.2) is 5.11 Å². The Kier molecular flexibility index (Phi) is 4.81. The summed E-state index contributed by atoms with van der Waals surface area (Å²) in [5, 5.41) is 3.66. The van der Waals surface area contributed by atoms with E-state index < -0.39 is 11.7 Å². The normalized spacial score (nSPS) is 24.3. The van der Waals surface area contributed by atoms with Crippen LogP contribution < -0.4 is 0 Å². The molecule has 1 saturated heterocycles. The van der Waals surface area contributed by atoms with Crippen molar-refractivity contribution >= 4 is 6.09 Å². The van der Waals surface area contributed by atoms with Gasteiger partial charge in [0.2, 0.25) is 0 Å². The van der Waals surface area contributed by atoms with Gasteiger partial charge in [0.05, 0.1) is 18.7 Å². The van der Waals surface area contributed by atoms with Gasteiger partial charge in [-0.2, -0.15) is 0 Å². The van der Waals surface area contributed by atoms with E-state index in [9.17, 15) is 4.79 Å². The van der Waals surface area contributed by atoms with Gasteiger partial charge in [0, 0.05) is 18.6 Å². The number of piperidine rings is 1. The molecule has 7 nitrogen and oxygen atoms in total. The third-order valence-corrected chi connectivity index (χ3v) is 2.59. The maximum atomic E-state index is 11.9. The number of nitrogens with zero attached hydrogens (tertiary/aromatic N) is 4. The second-order valence-electron chi connectivity index (χ2n) is 5.34. The summed E-state index contributed by atoms with van der Waals surface area (Å²) in [5.41, 5.74) is 7.93. The van der Waals surface area contributed by atoms with Crippen LogP contribution in [0, 0.1) is 0 Å². The first kappa shape index (κ1) is 14.6. The highest BCUT2D eigenvalue weighted by molar-refractivity contribution is 5.68. The Labute approximate surface area is 107 Å². The number of amides is 1. The lowest BCUT2D eigenvalue weighted by atomic mass is 10.0. The van der Waals surface area contributed by atoms with Crippen LogP contribution >= 0.6 is 0 Å². The highest BCUT2D eigenvalue weighted by atomic mass is 16.6. The van der Waals surface area contributed by atoms with Gasteiger partial charge in [-0.1, -0.05) is 5.11 Å². The number of hydrogen-bond acceptors (Lipinski definition) is 4. The van der Waals surface area contributed by atoms with E-state index in [4.69, 9.17) is 15.0 Å². The molecule has 2 atom stereocenters. The summed E-state index contributed by atoms with van der Waals surface area (Å²) in [6.07, 6.45) is 0.101. The van der Waals surface area contributed by atoms with Crippen LogP contribution in [0.3, 0.4) is 0 Å². The smallest absolute Gasteiger partial charge is 0.410 e. The minimum absolute atomic E-state index is 0.123. The van der Waals surface area contributed by atoms with E-state index >= 15 is 0 Å². The first-order chi connectivity index (χ1) is 8.35. The molecule has 0 bridgehead atoms. The summed E-state index contributed by atoms with van der Waals surface area (Å²) in [4.78, 5) is 16.3. The Morgan fingerprint density at radius 1 is 1.44 bits per heavy atom. The first-order valence-corrected chi connectivity index (χ1v) is 5.90. The second kappa shape index (κ2) is 5.93. The summed E-state index contributed by atoms with van der Waals surface area (Å²) < 4.78 is 10.5. The Morgan fingerprint density at radius 3 is 2.61 bits per heavy atom. The van der Waals surface area contributed by atoms with Gasteiger partial charge in [0.1, 0.15) is 5.60 Å². The van der Waals surface area contributed by atoms with Crippen molar-refractivity contribution in [3.05, 3.63) is 10.4 Å². The molecule has 0 aromatic heterocycles. The molecule has 1 heterocycles. The number of ether oxygens (including phenoxy) is 2. The second-order valence-corrected chi connectivity index (χ2v) is 5.34. The average molecular weight is 256 g/mol. The highest BCUT2D eigenvalue weighted by Crippen LogP contribution is 2.19. The van der Waals surface area contributed by atoms with Crippen LogP contribution in [-0.2, 0) is 9.47 Å². The van der Waals surface area contributed by atoms with E-state index in [1.807, 2.05) is 20.8 Å². The van der Waals surface area contributed by atoms with Crippen molar-refractivity contribution < 1.29 is 14.3 Å². The van der Waals surface area contributed by atoms with Gasteiger partial charge in [-0.15, -0.1) is 0 Å². The van der Waals surface area contributed by atoms with E-state index in [1.165, 1.54) is 4.90 Å². The van der Waals surface area contributed by atoms with Gasteiger partial charge >= 0.3 is 6.09 Å². The van der Waals surface area contributed by atoms with Crippen LogP contribution in [0.25, 0.3) is 10.4 Å². The number of azide groups is 1. The van der Waals surface area contributed by atoms with Crippen molar-refractivity contribution in [2.24, 2.45) is 5.11 Å². The lowest BCUT2D eigenvalue weighted by Crippen LogP contribution is -2.49. The fourth-order valence-electron chi connectivity index (χ4n) is 1.83. The van der Waals surface area contributed by atoms with Crippen LogP contribution in [-0.4, -0.2) is 48.9 Å². The standard InChI is InChI=1S/C11H20N4O3/c1-11(2,3)18-10(16)15-6-8(13-14-12)5-9(7-15)17-4/h8-9H,5-7H2,1-4H3/t8-,9-/m1/s1. The molecule has 0 unspecified atom stereocenters. The third-order valence-electron chi connectivity index (χ3n) is 2.59. The van der Waals surface area contributed by atoms with Crippen LogP contribution in [0.5, 0.6) is 0 Å². The summed E-state index contributed by atoms with van der Waals surface area (Å²) in [6.45, 7) is 6.27. The summed E-state index contributed by atoms with van der Waals surface area (Å²) in [7, 11) is 1.58. The molecule has 0 saturated carbocycles. The van der Waals surface area contributed by atoms with Crippen LogP contribution in [0.2, 0.25) is 0 Å². The maximum Gasteiger partial charge on any atom is 0.410 e. The quantitative estimate of drug-likeness (QED) is 0.431. The molecular weight excluding hydrogens is 236 g/mol. The van der Waals surface area contributed by atoms with Crippen LogP contribution in [0.1, 0.15) is 27.2 Å². The van der Waals surface area contributed by atoms with Gasteiger partial charge < -0.3 is 14.4 Å². The molecule has 0 radical (unpaired) electrons. The summed E-state index contributed by atoms with van der Waals surface area (Å²) >= 11 is 0. The third kappa shape index (κ3) is 4.43. The van der Waals surface area contributed by atoms with E-state index in [2.05, 4.69) is 10.0 Å². The van der Waals surface area contributed by atoms with Crippen molar-refractivity contribution in [2.75, 3.05) is 20.2 Å². The zero-order valence-corrected chi connectivity index (χ0v) is 11.3. The molecule has 102 valence electrons. The molecule has 18 heavy (non-hydrogen) atoms. The molecule has 1 fully saturated rings. The molecule has 1 aliphatic rings. The van der Waals surface area contributed by atoms with Crippen LogP contribution in [0.4, 0.5) is 4.79 Å². The van der Waals surface area contributed by atoms with Gasteiger partial charge in [-0.05, 0) is 32.7 Å². The highest BCUT2D eigenvalue weighted by Gasteiger charge is 2.32. The molecular formula is C11H20N4O3. The Hall–Kier alpha value is -1.46. The van der Waals surface area contributed by atoms with E-state index in [1.54, 1.807) is 7.11 Å². The number of likely N-dealkylation sites (tertiary alicyclic amines) is 1. The minimum Gasteiger partial charge on any atom is -0.444 e. The minimum atomic E-state index is -0.537. The van der Waals surface area contributed by atoms with Crippen molar-refractivity contribution in [2.45, 2.75) is 44.9 Å². The number of carbonyl (C=O) groups is 1. The number of carbonyl (C=O) groups excluding carboxylic acids is 1. The van der Waals surface area contributed by atoms with E-state index in [0.29, 0.717) is 19.5 Å². The van der Waals surface area contributed by atoms with Crippen molar-refractivity contribution in [1.29, 1.82) is 0 Å². The molecule has 0 aliphatic carbocycles. The van der Waals surface area contributed by atoms with E-state index in [0.717, 1.165) is 0 Å². The average Bonchev–Trinajstić information content (AvgIpc) is 2.26. The predicted molar refractivity (Wildman–Crippen MR) is 66.2 cm³/mol. The van der Waals surface area contributed by atoms with Crippen molar-refractivity contribution in [3.63, 3.8) is 0 Å². The van der Waals surface area contributed by atoms with Gasteiger partial charge in [0.25, 0.3) is 0 Å². The van der Waals surface area contributed by atoms with Gasteiger partial charge in [-0.25, -0.2) is 4.79 Å². The molecule has 0 aromatic rings. The largest absolute Gasteiger partial charge is 0.444 e. The zero-order valence-electron chi connectivity index (χ0n) is 11.3. The fraction of sp³-hybridized carbons (Fsp3) is 0.909. The molecule has 7 heteroatoms. The molecule has 1 amide bonds. The number of methoxy groups -OCH3 is 1. The molecule has 0 aromatic carbocycles. The Bertz CT molecular complexity index is 347. The van der Waals surface area contributed by atoms with E-state index in [-0.39, 0.29) is 12.1 Å². The first-order valence-electron chi connectivity index (χ1n) is 5.90. The predicted octanol–water partition coefficient (Wildman–Crippen LogP) is 2.32. The lowest BCUT2D eigenvalue weighted by Gasteiger charge is -2.36. The van der Waals surface area contributed by atoms with Crippen molar-refractivity contribution in [3.8, 4) is 0 Å². The fourth-order valence-corrected chi connectivity index (χ4v) is 1.83. The monoisotopic (exact) mass is 256 g/mol. The SMILES string of the molecule is CO[C@@H]1C[C@@H](N=[N+]=[N-])CN(C(=O)OC(C)(C)C)C1. The molecule has 0 N–H and O–H groups in total. The number of rotatable bonds is 2. The Balaban J connectivity index is 2.69. The molecule has 1 aliphatic heterocycles. The summed E-state index contributed by atoms with van der Waals surface area (Å²) in [6, 6.07) is -0.263.